The summed E-state index contributed by atoms with van der Waals surface area (Å²) >= 11 is 3.37. The maximum Gasteiger partial charge on any atom is -0.0120 e. The maximum absolute atomic E-state index is 3.37. The number of hydrogen-bond donors (Lipinski definition) is 0. The number of hydrogen-bond acceptors (Lipinski definition) is 0. The lowest BCUT2D eigenvalue weighted by Gasteiger charge is -1.87. The molecule has 0 nitrogen and oxygen atoms in total. The van der Waals surface area contributed by atoms with Crippen molar-refractivity contribution in [2.24, 2.45) is 0 Å². The van der Waals surface area contributed by atoms with Crippen LogP contribution in [-0.2, 0) is 0 Å². The van der Waals surface area contributed by atoms with Crippen LogP contribution in [0.3, 0.4) is 0 Å². The summed E-state index contributed by atoms with van der Waals surface area (Å²) in [5.41, 5.74) is 0. The van der Waals surface area contributed by atoms with Crippen molar-refractivity contribution in [1.29, 1.82) is 0 Å². The molecule has 0 saturated heterocycles. The second-order valence-electron chi connectivity index (χ2n) is 1.93. The molecule has 0 aliphatic rings. The molecule has 0 unspecified atom stereocenters. The third-order valence-corrected chi connectivity index (χ3v) is 1.31. The van der Waals surface area contributed by atoms with E-state index >= 15 is 0 Å². The first-order chi connectivity index (χ1) is 3.77. The van der Waals surface area contributed by atoms with Gasteiger partial charge >= 0.3 is 0 Å². The number of rotatable bonds is 3. The molecule has 0 atom stereocenters. The molecule has 0 aromatic rings. The van der Waals surface area contributed by atoms with E-state index in [-0.39, 0.29) is 0 Å². The number of halogens is 1. The van der Waals surface area contributed by atoms with E-state index in [0.717, 1.165) is 0 Å². The van der Waals surface area contributed by atoms with Gasteiger partial charge in [0.25, 0.3) is 0 Å². The quantitative estimate of drug-likeness (QED) is 0.579. The van der Waals surface area contributed by atoms with Gasteiger partial charge in [0.15, 0.2) is 0 Å². The van der Waals surface area contributed by atoms with Crippen LogP contribution in [0, 0.1) is 0 Å². The Kier molecular flexibility index (Phi) is 5.51. The van der Waals surface area contributed by atoms with Crippen LogP contribution in [0.1, 0.15) is 33.1 Å². The molecule has 48 valence electrons. The average molecular weight is 177 g/mol. The first-order valence-corrected chi connectivity index (χ1v) is 3.89. The summed E-state index contributed by atoms with van der Waals surface area (Å²) in [5.74, 6) is 0. The Bertz CT molecular complexity index is 70.5. The van der Waals surface area contributed by atoms with E-state index in [1.165, 1.54) is 23.7 Å². The molecule has 0 aliphatic carbocycles. The zero-order chi connectivity index (χ0) is 6.41. The minimum Gasteiger partial charge on any atom is -0.0747 e. The highest BCUT2D eigenvalue weighted by molar-refractivity contribution is 9.11. The molecule has 8 heavy (non-hydrogen) atoms. The monoisotopic (exact) mass is 176 g/mol. The highest BCUT2D eigenvalue weighted by atomic mass is 79.9. The molecule has 0 saturated carbocycles. The van der Waals surface area contributed by atoms with Crippen LogP contribution < -0.4 is 0 Å². The van der Waals surface area contributed by atoms with Gasteiger partial charge in [-0.1, -0.05) is 41.8 Å². The molecule has 0 fully saturated rings. The first-order valence-electron chi connectivity index (χ1n) is 3.09. The Morgan fingerprint density at radius 3 is 2.62 bits per heavy atom. The molecule has 0 radical (unpaired) electrons. The predicted octanol–water partition coefficient (Wildman–Crippen LogP) is 3.48. The van der Waals surface area contributed by atoms with Crippen LogP contribution in [0.5, 0.6) is 0 Å². The van der Waals surface area contributed by atoms with E-state index in [1.54, 1.807) is 0 Å². The van der Waals surface area contributed by atoms with E-state index in [1.807, 2.05) is 0 Å². The van der Waals surface area contributed by atoms with Crippen LogP contribution in [0.15, 0.2) is 10.6 Å². The smallest absolute Gasteiger partial charge is 0.0120 e. The lowest BCUT2D eigenvalue weighted by molar-refractivity contribution is 0.813. The molecule has 1 heteroatoms. The molecule has 0 N–H and O–H groups in total. The normalized spacial score (nSPS) is 12.1. The largest absolute Gasteiger partial charge is 0.0747 e. The zero-order valence-electron chi connectivity index (χ0n) is 5.58. The summed E-state index contributed by atoms with van der Waals surface area (Å²) in [6, 6.07) is 0. The van der Waals surface area contributed by atoms with E-state index < -0.39 is 0 Å². The van der Waals surface area contributed by atoms with Gasteiger partial charge in [-0.15, -0.1) is 0 Å². The highest BCUT2D eigenvalue weighted by Crippen LogP contribution is 2.05. The van der Waals surface area contributed by atoms with Gasteiger partial charge in [0.1, 0.15) is 0 Å². The Balaban J connectivity index is 3.03. The van der Waals surface area contributed by atoms with Gasteiger partial charge in [-0.25, -0.2) is 0 Å². The SMILES string of the molecule is CCCC/C=C(\C)Br. The summed E-state index contributed by atoms with van der Waals surface area (Å²) < 4.78 is 1.26. The standard InChI is InChI=1S/C7H13Br/c1-3-4-5-6-7(2)8/h6H,3-5H2,1-2H3/b7-6+. The van der Waals surface area contributed by atoms with E-state index in [2.05, 4.69) is 35.9 Å². The Morgan fingerprint density at radius 2 is 2.25 bits per heavy atom. The molecule has 0 aromatic heterocycles. The minimum atomic E-state index is 1.22. The molecular formula is C7H13Br. The second kappa shape index (κ2) is 5.36. The topological polar surface area (TPSA) is 0 Å². The molecule has 0 bridgehead atoms. The second-order valence-corrected chi connectivity index (χ2v) is 3.18. The van der Waals surface area contributed by atoms with Crippen LogP contribution in [0.2, 0.25) is 0 Å². The molecule has 0 amide bonds. The van der Waals surface area contributed by atoms with E-state index in [9.17, 15) is 0 Å². The molecular weight excluding hydrogens is 164 g/mol. The van der Waals surface area contributed by atoms with Crippen molar-refractivity contribution in [1.82, 2.24) is 0 Å². The van der Waals surface area contributed by atoms with Gasteiger partial charge in [0.05, 0.1) is 0 Å². The van der Waals surface area contributed by atoms with Crippen LogP contribution in [0.25, 0.3) is 0 Å². The predicted molar refractivity (Wildman–Crippen MR) is 42.2 cm³/mol. The van der Waals surface area contributed by atoms with E-state index in [4.69, 9.17) is 0 Å². The van der Waals surface area contributed by atoms with Gasteiger partial charge in [-0.05, 0) is 17.8 Å². The average Bonchev–Trinajstić information content (AvgIpc) is 1.66. The van der Waals surface area contributed by atoms with Crippen molar-refractivity contribution in [3.05, 3.63) is 10.6 Å². The molecule has 0 aliphatic heterocycles. The maximum atomic E-state index is 3.37. The fourth-order valence-electron chi connectivity index (χ4n) is 0.505. The summed E-state index contributed by atoms with van der Waals surface area (Å²) in [7, 11) is 0. The number of allylic oxidation sites excluding steroid dienone is 2. The van der Waals surface area contributed by atoms with Crippen molar-refractivity contribution in [3.8, 4) is 0 Å². The molecule has 0 spiro atoms. The zero-order valence-corrected chi connectivity index (χ0v) is 7.16. The lowest BCUT2D eigenvalue weighted by Crippen LogP contribution is -1.66. The van der Waals surface area contributed by atoms with Gasteiger partial charge in [-0.3, -0.25) is 0 Å². The molecule has 0 rings (SSSR count). The van der Waals surface area contributed by atoms with Crippen molar-refractivity contribution in [2.75, 3.05) is 0 Å². The Labute approximate surface area is 60.1 Å². The van der Waals surface area contributed by atoms with Gasteiger partial charge in [-0.2, -0.15) is 0 Å². The summed E-state index contributed by atoms with van der Waals surface area (Å²) in [6.45, 7) is 4.27. The minimum absolute atomic E-state index is 1.22. The third-order valence-electron chi connectivity index (χ3n) is 0.983. The van der Waals surface area contributed by atoms with Crippen LogP contribution >= 0.6 is 15.9 Å². The molecule has 0 heterocycles. The number of unbranched alkanes of at least 4 members (excludes halogenated alkanes) is 2. The summed E-state index contributed by atoms with van der Waals surface area (Å²) in [5, 5.41) is 0. The third kappa shape index (κ3) is 6.22. The van der Waals surface area contributed by atoms with Crippen LogP contribution in [0.4, 0.5) is 0 Å². The first kappa shape index (κ1) is 8.22. The van der Waals surface area contributed by atoms with Crippen molar-refractivity contribution < 1.29 is 0 Å². The Hall–Kier alpha value is 0.220. The molecule has 0 aromatic carbocycles. The fourth-order valence-corrected chi connectivity index (χ4v) is 0.734. The lowest BCUT2D eigenvalue weighted by atomic mass is 10.2. The van der Waals surface area contributed by atoms with E-state index in [0.29, 0.717) is 0 Å². The summed E-state index contributed by atoms with van der Waals surface area (Å²) in [4.78, 5) is 0. The van der Waals surface area contributed by atoms with Crippen molar-refractivity contribution >= 4 is 15.9 Å². The van der Waals surface area contributed by atoms with Crippen LogP contribution in [-0.4, -0.2) is 0 Å². The van der Waals surface area contributed by atoms with Gasteiger partial charge in [0.2, 0.25) is 0 Å². The Morgan fingerprint density at radius 1 is 1.62 bits per heavy atom. The van der Waals surface area contributed by atoms with Gasteiger partial charge in [0, 0.05) is 0 Å². The highest BCUT2D eigenvalue weighted by Gasteiger charge is 1.79. The van der Waals surface area contributed by atoms with Crippen molar-refractivity contribution in [2.45, 2.75) is 33.1 Å². The summed E-state index contributed by atoms with van der Waals surface area (Å²) in [6.07, 6.45) is 6.02. The fraction of sp³-hybridized carbons (Fsp3) is 0.714. The van der Waals surface area contributed by atoms with Gasteiger partial charge < -0.3 is 0 Å². The van der Waals surface area contributed by atoms with Crippen molar-refractivity contribution in [3.63, 3.8) is 0 Å².